The van der Waals surface area contributed by atoms with Crippen LogP contribution < -0.4 is 0 Å². The second-order valence-electron chi connectivity index (χ2n) is 8.36. The average molecular weight is 466 g/mol. The van der Waals surface area contributed by atoms with E-state index in [1.165, 1.54) is 74.6 Å². The zero-order valence-electron chi connectivity index (χ0n) is 18.2. The molecule has 2 heteroatoms. The van der Waals surface area contributed by atoms with Gasteiger partial charge in [0.25, 0.3) is 0 Å². The van der Waals surface area contributed by atoms with Crippen molar-refractivity contribution in [2.45, 2.75) is 98.9 Å². The monoisotopic (exact) mass is 467 g/mol. The van der Waals surface area contributed by atoms with Gasteiger partial charge in [-0.25, -0.2) is 0 Å². The summed E-state index contributed by atoms with van der Waals surface area (Å²) in [7, 11) is 0. The molecule has 0 saturated heterocycles. The van der Waals surface area contributed by atoms with Crippen molar-refractivity contribution in [1.82, 2.24) is 4.90 Å². The number of nitrogens with zero attached hydrogens (tertiary/aromatic N) is 1. The topological polar surface area (TPSA) is 3.24 Å². The SMILES string of the molecule is CCCCN(Cc1ccccc1)[CH2][Sn]([CH2]CCC)([CH2]CCC)[CH2]CCC. The summed E-state index contributed by atoms with van der Waals surface area (Å²) in [6.45, 7) is 12.0. The number of benzene rings is 1. The summed E-state index contributed by atoms with van der Waals surface area (Å²) < 4.78 is 6.39. The first kappa shape index (κ1) is 24.0. The summed E-state index contributed by atoms with van der Waals surface area (Å²) in [6, 6.07) is 11.2. The van der Waals surface area contributed by atoms with Gasteiger partial charge in [-0.2, -0.15) is 0 Å². The van der Waals surface area contributed by atoms with Gasteiger partial charge in [-0.15, -0.1) is 0 Å². The van der Waals surface area contributed by atoms with Crippen molar-refractivity contribution in [3.63, 3.8) is 0 Å². The van der Waals surface area contributed by atoms with Crippen LogP contribution in [-0.2, 0) is 6.54 Å². The predicted molar refractivity (Wildman–Crippen MR) is 122 cm³/mol. The van der Waals surface area contributed by atoms with E-state index in [-0.39, 0.29) is 0 Å². The van der Waals surface area contributed by atoms with Gasteiger partial charge in [-0.3, -0.25) is 0 Å². The fraction of sp³-hybridized carbons (Fsp3) is 0.750. The minimum absolute atomic E-state index is 1.17. The molecule has 0 aliphatic carbocycles. The van der Waals surface area contributed by atoms with Crippen LogP contribution in [0.3, 0.4) is 0 Å². The Kier molecular flexibility index (Phi) is 13.8. The Hall–Kier alpha value is -0.0213. The van der Waals surface area contributed by atoms with Crippen LogP contribution in [-0.4, -0.2) is 34.4 Å². The Morgan fingerprint density at radius 2 is 1.19 bits per heavy atom. The normalized spacial score (nSPS) is 12.0. The maximum atomic E-state index is 2.87. The molecule has 0 amide bonds. The molecule has 1 rings (SSSR count). The zero-order valence-corrected chi connectivity index (χ0v) is 21.1. The van der Waals surface area contributed by atoms with Gasteiger partial charge in [0.2, 0.25) is 0 Å². The molecule has 0 fully saturated rings. The molecule has 0 bridgehead atoms. The van der Waals surface area contributed by atoms with Gasteiger partial charge in [0, 0.05) is 0 Å². The molecule has 0 radical (unpaired) electrons. The summed E-state index contributed by atoms with van der Waals surface area (Å²) in [5.74, 6) is 0. The van der Waals surface area contributed by atoms with Gasteiger partial charge < -0.3 is 0 Å². The van der Waals surface area contributed by atoms with Crippen molar-refractivity contribution in [3.05, 3.63) is 35.9 Å². The Labute approximate surface area is 168 Å². The van der Waals surface area contributed by atoms with E-state index in [0.29, 0.717) is 0 Å². The van der Waals surface area contributed by atoms with E-state index in [2.05, 4.69) is 62.9 Å². The molecule has 0 aliphatic rings. The van der Waals surface area contributed by atoms with Crippen molar-refractivity contribution < 1.29 is 0 Å². The minimum atomic E-state index is -2.09. The van der Waals surface area contributed by atoms with Crippen molar-refractivity contribution in [3.8, 4) is 0 Å². The van der Waals surface area contributed by atoms with E-state index in [1.54, 1.807) is 13.3 Å². The Bertz CT molecular complexity index is 409. The van der Waals surface area contributed by atoms with E-state index in [9.17, 15) is 0 Å². The molecule has 0 atom stereocenters. The fourth-order valence-electron chi connectivity index (χ4n) is 4.18. The van der Waals surface area contributed by atoms with Gasteiger partial charge in [-0.05, 0) is 0 Å². The predicted octanol–water partition coefficient (Wildman–Crippen LogP) is 7.68. The van der Waals surface area contributed by atoms with Crippen LogP contribution in [0.5, 0.6) is 0 Å². The van der Waals surface area contributed by atoms with Gasteiger partial charge in [0.15, 0.2) is 0 Å². The van der Waals surface area contributed by atoms with Crippen molar-refractivity contribution >= 4 is 18.4 Å². The van der Waals surface area contributed by atoms with Crippen LogP contribution in [0.1, 0.15) is 84.6 Å². The van der Waals surface area contributed by atoms with Crippen LogP contribution in [0, 0.1) is 0 Å². The van der Waals surface area contributed by atoms with Gasteiger partial charge >= 0.3 is 169 Å². The van der Waals surface area contributed by atoms with Gasteiger partial charge in [0.05, 0.1) is 0 Å². The molecule has 0 unspecified atom stereocenters. The first-order chi connectivity index (χ1) is 12.7. The van der Waals surface area contributed by atoms with Crippen LogP contribution in [0.15, 0.2) is 30.3 Å². The zero-order chi connectivity index (χ0) is 19.1. The van der Waals surface area contributed by atoms with Crippen LogP contribution in [0.4, 0.5) is 0 Å². The average Bonchev–Trinajstić information content (AvgIpc) is 2.68. The van der Waals surface area contributed by atoms with E-state index >= 15 is 0 Å². The fourth-order valence-corrected chi connectivity index (χ4v) is 20.6. The number of unbranched alkanes of at least 4 members (excludes halogenated alkanes) is 4. The first-order valence-corrected chi connectivity index (χ1v) is 19.5. The van der Waals surface area contributed by atoms with Gasteiger partial charge in [0.1, 0.15) is 0 Å². The summed E-state index contributed by atoms with van der Waals surface area (Å²) in [5.41, 5.74) is 1.50. The molecule has 1 nitrogen and oxygen atoms in total. The van der Waals surface area contributed by atoms with Gasteiger partial charge in [-0.1, -0.05) is 0 Å². The van der Waals surface area contributed by atoms with Crippen molar-refractivity contribution in [1.29, 1.82) is 0 Å². The third-order valence-corrected chi connectivity index (χ3v) is 21.1. The quantitative estimate of drug-likeness (QED) is 0.226. The number of hydrogen-bond acceptors (Lipinski definition) is 1. The summed E-state index contributed by atoms with van der Waals surface area (Å²) >= 11 is -2.09. The van der Waals surface area contributed by atoms with Crippen molar-refractivity contribution in [2.75, 3.05) is 11.1 Å². The summed E-state index contributed by atoms with van der Waals surface area (Å²) in [4.78, 5) is 2.87. The van der Waals surface area contributed by atoms with E-state index in [0.717, 1.165) is 0 Å². The molecular formula is C24H45NSn. The molecule has 0 aromatic heterocycles. The third-order valence-electron chi connectivity index (χ3n) is 5.82. The molecule has 0 spiro atoms. The first-order valence-electron chi connectivity index (χ1n) is 11.5. The van der Waals surface area contributed by atoms with Crippen LogP contribution in [0.2, 0.25) is 13.3 Å². The summed E-state index contributed by atoms with van der Waals surface area (Å²) in [5, 5.41) is 0. The summed E-state index contributed by atoms with van der Waals surface area (Å²) in [6.07, 6.45) is 11.2. The van der Waals surface area contributed by atoms with E-state index in [4.69, 9.17) is 0 Å². The van der Waals surface area contributed by atoms with Crippen LogP contribution >= 0.6 is 0 Å². The van der Waals surface area contributed by atoms with E-state index < -0.39 is 18.4 Å². The Morgan fingerprint density at radius 3 is 1.65 bits per heavy atom. The third kappa shape index (κ3) is 9.78. The van der Waals surface area contributed by atoms with Crippen molar-refractivity contribution in [2.24, 2.45) is 0 Å². The molecule has 1 aromatic rings. The molecule has 0 heterocycles. The molecule has 26 heavy (non-hydrogen) atoms. The van der Waals surface area contributed by atoms with E-state index in [1.807, 2.05) is 0 Å². The second-order valence-corrected chi connectivity index (χ2v) is 22.1. The molecule has 0 saturated carbocycles. The standard InChI is InChI=1S/C12H18N.3C4H9.Sn/c1-3-4-10-13(2)11-12-8-6-5-7-9-12;3*1-3-4-2;/h5-9H,2-4,10-11H2,1H3;3*1,3-4H2,2H3;. The molecule has 150 valence electrons. The molecular weight excluding hydrogens is 421 g/mol. The molecule has 1 aromatic carbocycles. The molecule has 0 aliphatic heterocycles. The maximum absolute atomic E-state index is 2.87. The molecule has 0 N–H and O–H groups in total. The number of hydrogen-bond donors (Lipinski definition) is 0. The van der Waals surface area contributed by atoms with Crippen LogP contribution in [0.25, 0.3) is 0 Å². The second kappa shape index (κ2) is 15.0. The Morgan fingerprint density at radius 1 is 0.692 bits per heavy atom. The Balaban J connectivity index is 2.92. The number of rotatable bonds is 16.